The van der Waals surface area contributed by atoms with Crippen LogP contribution in [0.3, 0.4) is 0 Å². The van der Waals surface area contributed by atoms with E-state index in [1.165, 1.54) is 54.3 Å². The Morgan fingerprint density at radius 3 is 1.70 bits per heavy atom. The lowest BCUT2D eigenvalue weighted by Crippen LogP contribution is -1.97. The summed E-state index contributed by atoms with van der Waals surface area (Å²) in [5, 5.41) is 9.64. The molecule has 0 saturated heterocycles. The first-order valence-electron chi connectivity index (χ1n) is 20.8. The molecule has 0 aliphatic heterocycles. The molecule has 3 nitrogen and oxygen atoms in total. The highest BCUT2D eigenvalue weighted by molar-refractivity contribution is 6.20. The molecule has 3 heteroatoms. The maximum atomic E-state index is 5.44. The minimum Gasteiger partial charge on any atom is -0.309 e. The molecule has 0 saturated carbocycles. The van der Waals surface area contributed by atoms with Gasteiger partial charge in [0.1, 0.15) is 0 Å². The quantitative estimate of drug-likeness (QED) is 0.124. The van der Waals surface area contributed by atoms with Crippen molar-refractivity contribution < 1.29 is 0 Å². The Morgan fingerprint density at radius 1 is 0.279 bits per heavy atom. The summed E-state index contributed by atoms with van der Waals surface area (Å²) in [6.45, 7) is 0. The molecule has 61 heavy (non-hydrogen) atoms. The third-order valence-electron chi connectivity index (χ3n) is 12.2. The monoisotopic (exact) mass is 775 g/mol. The van der Waals surface area contributed by atoms with Gasteiger partial charge in [-0.2, -0.15) is 0 Å². The number of fused-ring (bicyclic) bond motifs is 7. The summed E-state index contributed by atoms with van der Waals surface area (Å²) < 4.78 is 2.36. The molecular formula is C58H37N3. The van der Waals surface area contributed by atoms with E-state index in [-0.39, 0.29) is 0 Å². The Bertz CT molecular complexity index is 3620. The van der Waals surface area contributed by atoms with Crippen molar-refractivity contribution in [1.82, 2.24) is 14.5 Å². The molecule has 12 rings (SSSR count). The van der Waals surface area contributed by atoms with Gasteiger partial charge in [0, 0.05) is 33.2 Å². The number of benzene rings is 10. The molecule has 0 unspecified atom stereocenters. The molecule has 10 aromatic carbocycles. The van der Waals surface area contributed by atoms with E-state index in [4.69, 9.17) is 9.97 Å². The van der Waals surface area contributed by atoms with E-state index in [9.17, 15) is 0 Å². The van der Waals surface area contributed by atoms with Gasteiger partial charge in [0.25, 0.3) is 0 Å². The second-order valence-corrected chi connectivity index (χ2v) is 15.8. The summed E-state index contributed by atoms with van der Waals surface area (Å²) >= 11 is 0. The highest BCUT2D eigenvalue weighted by Gasteiger charge is 2.18. The van der Waals surface area contributed by atoms with Crippen LogP contribution in [-0.2, 0) is 0 Å². The van der Waals surface area contributed by atoms with Crippen molar-refractivity contribution in [3.8, 4) is 61.8 Å². The van der Waals surface area contributed by atoms with Gasteiger partial charge in [-0.1, -0.05) is 176 Å². The van der Waals surface area contributed by atoms with Gasteiger partial charge < -0.3 is 4.57 Å². The fraction of sp³-hybridized carbons (Fsp3) is 0. The molecule has 0 fully saturated rings. The molecule has 0 amide bonds. The van der Waals surface area contributed by atoms with Crippen LogP contribution in [0.5, 0.6) is 0 Å². The van der Waals surface area contributed by atoms with E-state index in [0.717, 1.165) is 55.8 Å². The first-order valence-corrected chi connectivity index (χ1v) is 20.8. The predicted molar refractivity (Wildman–Crippen MR) is 256 cm³/mol. The number of para-hydroxylation sites is 2. The van der Waals surface area contributed by atoms with Gasteiger partial charge in [-0.15, -0.1) is 0 Å². The van der Waals surface area contributed by atoms with E-state index < -0.39 is 0 Å². The van der Waals surface area contributed by atoms with Crippen LogP contribution in [0.4, 0.5) is 0 Å². The van der Waals surface area contributed by atoms with Crippen LogP contribution in [0.25, 0.3) is 116 Å². The van der Waals surface area contributed by atoms with E-state index in [2.05, 4.69) is 229 Å². The maximum absolute atomic E-state index is 5.44. The van der Waals surface area contributed by atoms with Gasteiger partial charge in [0.05, 0.1) is 22.4 Å². The minimum absolute atomic E-state index is 0.689. The summed E-state index contributed by atoms with van der Waals surface area (Å²) in [7, 11) is 0. The molecule has 0 aliphatic rings. The molecule has 0 bridgehead atoms. The number of rotatable bonds is 6. The number of hydrogen-bond donors (Lipinski definition) is 0. The van der Waals surface area contributed by atoms with Gasteiger partial charge in [-0.05, 0) is 103 Å². The van der Waals surface area contributed by atoms with Crippen LogP contribution in [0.1, 0.15) is 0 Å². The fourth-order valence-corrected chi connectivity index (χ4v) is 9.26. The van der Waals surface area contributed by atoms with Gasteiger partial charge >= 0.3 is 0 Å². The van der Waals surface area contributed by atoms with Crippen LogP contribution >= 0.6 is 0 Å². The molecule has 0 N–H and O–H groups in total. The topological polar surface area (TPSA) is 30.7 Å². The Balaban J connectivity index is 1.05. The molecule has 0 atom stereocenters. The number of hydrogen-bond acceptors (Lipinski definition) is 2. The smallest absolute Gasteiger partial charge is 0.160 e. The van der Waals surface area contributed by atoms with E-state index in [1.54, 1.807) is 0 Å². The first kappa shape index (κ1) is 34.9. The molecule has 12 aromatic rings. The summed E-state index contributed by atoms with van der Waals surface area (Å²) in [5.74, 6) is 0.689. The lowest BCUT2D eigenvalue weighted by molar-refractivity contribution is 1.18. The largest absolute Gasteiger partial charge is 0.309 e. The van der Waals surface area contributed by atoms with Crippen molar-refractivity contribution in [2.24, 2.45) is 0 Å². The summed E-state index contributed by atoms with van der Waals surface area (Å²) in [5.41, 5.74) is 13.0. The van der Waals surface area contributed by atoms with E-state index in [1.807, 2.05) is 0 Å². The second-order valence-electron chi connectivity index (χ2n) is 15.8. The predicted octanol–water partition coefficient (Wildman–Crippen LogP) is 15.4. The first-order chi connectivity index (χ1) is 30.2. The van der Waals surface area contributed by atoms with Gasteiger partial charge in [0.15, 0.2) is 5.82 Å². The average molecular weight is 776 g/mol. The molecule has 0 aliphatic carbocycles. The van der Waals surface area contributed by atoms with Crippen LogP contribution in [0, 0.1) is 0 Å². The molecule has 2 aromatic heterocycles. The van der Waals surface area contributed by atoms with Crippen molar-refractivity contribution in [3.63, 3.8) is 0 Å². The van der Waals surface area contributed by atoms with Crippen LogP contribution in [0.2, 0.25) is 0 Å². The van der Waals surface area contributed by atoms with Crippen LogP contribution in [-0.4, -0.2) is 14.5 Å². The summed E-state index contributed by atoms with van der Waals surface area (Å²) in [6, 6.07) is 80.5. The third kappa shape index (κ3) is 5.98. The molecule has 0 radical (unpaired) electrons. The second kappa shape index (κ2) is 14.3. The van der Waals surface area contributed by atoms with E-state index >= 15 is 0 Å². The van der Waals surface area contributed by atoms with Crippen molar-refractivity contribution in [2.45, 2.75) is 0 Å². The van der Waals surface area contributed by atoms with Gasteiger partial charge in [-0.3, -0.25) is 0 Å². The normalized spacial score (nSPS) is 11.6. The zero-order valence-corrected chi connectivity index (χ0v) is 33.2. The van der Waals surface area contributed by atoms with Gasteiger partial charge in [0.2, 0.25) is 0 Å². The Hall–Kier alpha value is -8.14. The maximum Gasteiger partial charge on any atom is 0.160 e. The summed E-state index contributed by atoms with van der Waals surface area (Å²) in [6.07, 6.45) is 0. The highest BCUT2D eigenvalue weighted by atomic mass is 15.0. The molecule has 0 spiro atoms. The van der Waals surface area contributed by atoms with Gasteiger partial charge in [-0.25, -0.2) is 9.97 Å². The summed E-state index contributed by atoms with van der Waals surface area (Å²) in [4.78, 5) is 10.8. The third-order valence-corrected chi connectivity index (χ3v) is 12.2. The number of nitrogens with zero attached hydrogens (tertiary/aromatic N) is 3. The Morgan fingerprint density at radius 2 is 0.869 bits per heavy atom. The standard InChI is InChI=1S/C58H37N3/c1-3-14-38(15-4-1)39-26-28-41(29-27-39)58-59-53(37-54(60-58)57-48-23-10-8-17-44(48)36-51-47-22-9-7-16-40(47)30-32-50(51)57)45-19-13-18-42(34-45)43-31-33-56-52(35-43)49-24-11-12-25-55(49)61(56)46-20-5-2-6-21-46/h1-37H. The van der Waals surface area contributed by atoms with Crippen LogP contribution < -0.4 is 0 Å². The van der Waals surface area contributed by atoms with E-state index in [0.29, 0.717) is 5.82 Å². The Kier molecular flexibility index (Phi) is 8.17. The SMILES string of the molecule is c1ccc(-c2ccc(-c3nc(-c4cccc(-c5ccc6c(c5)c5ccccc5n6-c5ccccc5)c4)cc(-c4c5ccccc5cc5c4ccc4ccccc45)n3)cc2)cc1. The highest BCUT2D eigenvalue weighted by Crippen LogP contribution is 2.41. The molecular weight excluding hydrogens is 739 g/mol. The number of aromatic nitrogens is 3. The van der Waals surface area contributed by atoms with Crippen molar-refractivity contribution >= 4 is 54.1 Å². The zero-order valence-electron chi connectivity index (χ0n) is 33.2. The molecule has 2 heterocycles. The van der Waals surface area contributed by atoms with Crippen molar-refractivity contribution in [1.29, 1.82) is 0 Å². The lowest BCUT2D eigenvalue weighted by atomic mass is 9.91. The zero-order chi connectivity index (χ0) is 40.3. The Labute approximate surface area is 353 Å². The fourth-order valence-electron chi connectivity index (χ4n) is 9.26. The minimum atomic E-state index is 0.689. The van der Waals surface area contributed by atoms with Crippen molar-refractivity contribution in [2.75, 3.05) is 0 Å². The molecule has 284 valence electrons. The van der Waals surface area contributed by atoms with Crippen LogP contribution in [0.15, 0.2) is 224 Å². The van der Waals surface area contributed by atoms with Crippen molar-refractivity contribution in [3.05, 3.63) is 224 Å². The average Bonchev–Trinajstić information content (AvgIpc) is 3.67. The lowest BCUT2D eigenvalue weighted by Gasteiger charge is -2.16.